The third-order valence-corrected chi connectivity index (χ3v) is 6.79. The number of aliphatic hydroxyl groups is 1. The average molecular weight is 570 g/mol. The number of aliphatic hydroxyl groups excluding tert-OH is 1. The number of carbonyl (C=O) groups excluding carboxylic acids is 3. The first-order chi connectivity index (χ1) is 19.4. The smallest absolute Gasteiger partial charge is 0.252 e. The minimum Gasteiger partial charge on any atom is -0.493 e. The van der Waals surface area contributed by atoms with Crippen molar-refractivity contribution in [3.63, 3.8) is 0 Å². The normalized spacial score (nSPS) is 14.1. The second kappa shape index (κ2) is 16.6. The van der Waals surface area contributed by atoms with Crippen LogP contribution < -0.4 is 25.4 Å². The summed E-state index contributed by atoms with van der Waals surface area (Å²) in [6.07, 6.45) is 0.0160. The van der Waals surface area contributed by atoms with E-state index in [1.165, 1.54) is 14.2 Å². The second-order valence-electron chi connectivity index (χ2n) is 11.4. The monoisotopic (exact) mass is 569 g/mol. The Bertz CT molecular complexity index is 1120. The first-order valence-electron chi connectivity index (χ1n) is 14.3. The van der Waals surface area contributed by atoms with Gasteiger partial charge in [-0.3, -0.25) is 14.4 Å². The van der Waals surface area contributed by atoms with E-state index >= 15 is 0 Å². The maximum atomic E-state index is 13.7. The van der Waals surface area contributed by atoms with Crippen molar-refractivity contribution in [3.8, 4) is 11.5 Å². The molecule has 9 nitrogen and oxygen atoms in total. The lowest BCUT2D eigenvalue weighted by atomic mass is 9.92. The lowest BCUT2D eigenvalue weighted by Crippen LogP contribution is -2.54. The summed E-state index contributed by atoms with van der Waals surface area (Å²) in [4.78, 5) is 39.5. The number of ether oxygens (including phenoxy) is 2. The zero-order valence-corrected chi connectivity index (χ0v) is 25.4. The summed E-state index contributed by atoms with van der Waals surface area (Å²) in [6, 6.07) is 12.7. The number of hydrogen-bond acceptors (Lipinski definition) is 6. The van der Waals surface area contributed by atoms with Crippen LogP contribution in [0, 0.1) is 17.8 Å². The Balaban J connectivity index is 2.23. The summed E-state index contributed by atoms with van der Waals surface area (Å²) in [5, 5.41) is 19.9. The molecule has 4 N–H and O–H groups in total. The van der Waals surface area contributed by atoms with Gasteiger partial charge in [0, 0.05) is 24.4 Å². The van der Waals surface area contributed by atoms with E-state index in [0.29, 0.717) is 35.9 Å². The number of nitrogens with one attached hydrogen (secondary N) is 3. The maximum absolute atomic E-state index is 13.7. The molecule has 0 saturated heterocycles. The van der Waals surface area contributed by atoms with Crippen LogP contribution >= 0.6 is 0 Å². The van der Waals surface area contributed by atoms with Crippen LogP contribution in [0.15, 0.2) is 48.5 Å². The highest BCUT2D eigenvalue weighted by molar-refractivity contribution is 5.98. The summed E-state index contributed by atoms with van der Waals surface area (Å²) in [5.74, 6) is -0.0377. The molecule has 41 heavy (non-hydrogen) atoms. The van der Waals surface area contributed by atoms with E-state index in [2.05, 4.69) is 16.0 Å². The summed E-state index contributed by atoms with van der Waals surface area (Å²) < 4.78 is 10.6. The lowest BCUT2D eigenvalue weighted by molar-refractivity contribution is -0.126. The molecule has 0 radical (unpaired) electrons. The Hall–Kier alpha value is -3.59. The summed E-state index contributed by atoms with van der Waals surface area (Å²) in [6.45, 7) is 10.4. The van der Waals surface area contributed by atoms with Crippen LogP contribution in [0.1, 0.15) is 63.4 Å². The van der Waals surface area contributed by atoms with Crippen molar-refractivity contribution in [1.29, 1.82) is 0 Å². The van der Waals surface area contributed by atoms with Crippen LogP contribution in [0.2, 0.25) is 0 Å². The Morgan fingerprint density at radius 3 is 2.05 bits per heavy atom. The zero-order valence-electron chi connectivity index (χ0n) is 25.4. The van der Waals surface area contributed by atoms with Crippen LogP contribution in [0.3, 0.4) is 0 Å². The average Bonchev–Trinajstić information content (AvgIpc) is 2.94. The molecule has 0 aromatic heterocycles. The molecule has 2 aromatic carbocycles. The van der Waals surface area contributed by atoms with E-state index < -0.39 is 35.9 Å². The Morgan fingerprint density at radius 2 is 1.46 bits per heavy atom. The van der Waals surface area contributed by atoms with Crippen LogP contribution in [0.25, 0.3) is 0 Å². The SMILES string of the molecule is COc1ccc(C(=O)N[C@@H](Cc2ccccc2)C(=O)N[C@@H](CC(C)C)[C@@H](O)C[C@@H](C)C(=O)NCC(C)C)cc1OC. The highest BCUT2D eigenvalue weighted by Crippen LogP contribution is 2.27. The highest BCUT2D eigenvalue weighted by atomic mass is 16.5. The van der Waals surface area contributed by atoms with Crippen LogP contribution in [0.5, 0.6) is 11.5 Å². The van der Waals surface area contributed by atoms with Crippen molar-refractivity contribution in [2.75, 3.05) is 20.8 Å². The van der Waals surface area contributed by atoms with Crippen LogP contribution in [-0.4, -0.2) is 61.8 Å². The van der Waals surface area contributed by atoms with E-state index in [4.69, 9.17) is 9.47 Å². The number of rotatable bonds is 16. The van der Waals surface area contributed by atoms with Gasteiger partial charge in [0.05, 0.1) is 26.4 Å². The molecule has 0 fully saturated rings. The highest BCUT2D eigenvalue weighted by Gasteiger charge is 2.30. The number of carbonyl (C=O) groups is 3. The maximum Gasteiger partial charge on any atom is 0.252 e. The molecule has 2 rings (SSSR count). The number of amides is 3. The number of methoxy groups -OCH3 is 2. The van der Waals surface area contributed by atoms with Gasteiger partial charge >= 0.3 is 0 Å². The van der Waals surface area contributed by atoms with Crippen molar-refractivity contribution >= 4 is 17.7 Å². The van der Waals surface area contributed by atoms with E-state index in [-0.39, 0.29) is 24.7 Å². The predicted octanol–water partition coefficient (Wildman–Crippen LogP) is 3.74. The largest absolute Gasteiger partial charge is 0.493 e. The first kappa shape index (κ1) is 33.6. The molecule has 3 amide bonds. The van der Waals surface area contributed by atoms with E-state index in [9.17, 15) is 19.5 Å². The molecular weight excluding hydrogens is 522 g/mol. The van der Waals surface area contributed by atoms with Gasteiger partial charge in [0.1, 0.15) is 6.04 Å². The van der Waals surface area contributed by atoms with Gasteiger partial charge in [0.25, 0.3) is 5.91 Å². The van der Waals surface area contributed by atoms with Crippen molar-refractivity contribution in [2.45, 2.75) is 72.1 Å². The predicted molar refractivity (Wildman–Crippen MR) is 160 cm³/mol. The Kier molecular flexibility index (Phi) is 13.6. The Morgan fingerprint density at radius 1 is 0.805 bits per heavy atom. The van der Waals surface area contributed by atoms with Gasteiger partial charge in [-0.2, -0.15) is 0 Å². The minimum absolute atomic E-state index is 0.128. The fourth-order valence-corrected chi connectivity index (χ4v) is 4.49. The third-order valence-electron chi connectivity index (χ3n) is 6.79. The summed E-state index contributed by atoms with van der Waals surface area (Å²) in [5.41, 5.74) is 1.19. The van der Waals surface area contributed by atoms with Crippen LogP contribution in [-0.2, 0) is 16.0 Å². The van der Waals surface area contributed by atoms with Gasteiger partial charge < -0.3 is 30.5 Å². The van der Waals surface area contributed by atoms with E-state index in [0.717, 1.165) is 5.56 Å². The van der Waals surface area contributed by atoms with E-state index in [1.807, 2.05) is 58.0 Å². The molecule has 9 heteroatoms. The lowest BCUT2D eigenvalue weighted by Gasteiger charge is -2.29. The van der Waals surface area contributed by atoms with Crippen molar-refractivity contribution in [1.82, 2.24) is 16.0 Å². The molecule has 0 aliphatic heterocycles. The van der Waals surface area contributed by atoms with Gasteiger partial charge in [-0.15, -0.1) is 0 Å². The number of hydrogen-bond donors (Lipinski definition) is 4. The molecule has 0 aliphatic rings. The molecule has 2 aromatic rings. The zero-order chi connectivity index (χ0) is 30.5. The molecular formula is C32H47N3O6. The molecule has 0 spiro atoms. The van der Waals surface area contributed by atoms with E-state index in [1.54, 1.807) is 25.1 Å². The van der Waals surface area contributed by atoms with Gasteiger partial charge in [0.2, 0.25) is 11.8 Å². The first-order valence-corrected chi connectivity index (χ1v) is 14.3. The fourth-order valence-electron chi connectivity index (χ4n) is 4.49. The van der Waals surface area contributed by atoms with Gasteiger partial charge in [0.15, 0.2) is 11.5 Å². The quantitative estimate of drug-likeness (QED) is 0.244. The van der Waals surface area contributed by atoms with Crippen molar-refractivity contribution in [2.24, 2.45) is 17.8 Å². The molecule has 0 bridgehead atoms. The third kappa shape index (κ3) is 11.1. The Labute approximate surface area is 244 Å². The molecule has 4 atom stereocenters. The molecule has 0 aliphatic carbocycles. The van der Waals surface area contributed by atoms with Crippen molar-refractivity contribution in [3.05, 3.63) is 59.7 Å². The minimum atomic E-state index is -0.944. The van der Waals surface area contributed by atoms with Gasteiger partial charge in [-0.1, -0.05) is 65.0 Å². The summed E-state index contributed by atoms with van der Waals surface area (Å²) in [7, 11) is 3.00. The van der Waals surface area contributed by atoms with Crippen LogP contribution in [0.4, 0.5) is 0 Å². The molecule has 0 saturated carbocycles. The summed E-state index contributed by atoms with van der Waals surface area (Å²) >= 11 is 0. The fraction of sp³-hybridized carbons (Fsp3) is 0.531. The molecule has 0 unspecified atom stereocenters. The van der Waals surface area contributed by atoms with Gasteiger partial charge in [-0.05, 0) is 48.4 Å². The standard InChI is InChI=1S/C32H47N3O6/c1-20(2)15-25(27(36)16-22(5)30(37)33-19-21(3)4)34-32(39)26(17-23-11-9-8-10-12-23)35-31(38)24-13-14-28(40-6)29(18-24)41-7/h8-14,18,20-22,25-27,36H,15-17,19H2,1-7H3,(H,33,37)(H,34,39)(H,35,38)/t22-,25+,26+,27+/m1/s1. The molecule has 0 heterocycles. The molecule has 226 valence electrons. The van der Waals surface area contributed by atoms with Gasteiger partial charge in [-0.25, -0.2) is 0 Å². The van der Waals surface area contributed by atoms with Crippen molar-refractivity contribution < 1.29 is 29.0 Å². The topological polar surface area (TPSA) is 126 Å². The number of benzene rings is 2. The second-order valence-corrected chi connectivity index (χ2v) is 11.4.